The van der Waals surface area contributed by atoms with Crippen molar-refractivity contribution in [1.82, 2.24) is 0 Å². The van der Waals surface area contributed by atoms with E-state index >= 15 is 0 Å². The first-order chi connectivity index (χ1) is 10.2. The Bertz CT molecular complexity index is 765. The molecule has 0 spiro atoms. The zero-order chi connectivity index (χ0) is 14.8. The molecular weight excluding hydrogens is 270 g/mol. The number of rotatable bonds is 2. The van der Waals surface area contributed by atoms with Gasteiger partial charge in [0, 0.05) is 5.56 Å². The summed E-state index contributed by atoms with van der Waals surface area (Å²) in [5.74, 6) is 0.838. The standard InChI is InChI=1S/C15H11N3O3/c16-7-9-1-3-12(11(17)5-9)18-15(19)10-2-4-13-14(6-10)21-8-20-13/h1-6H,8,17H2,(H,18,19). The average Bonchev–Trinajstić information content (AvgIpc) is 2.96. The molecule has 0 atom stereocenters. The molecule has 1 aliphatic rings. The molecule has 0 radical (unpaired) electrons. The van der Waals surface area contributed by atoms with Gasteiger partial charge in [0.1, 0.15) is 0 Å². The number of amides is 1. The van der Waals surface area contributed by atoms with Gasteiger partial charge >= 0.3 is 0 Å². The molecule has 21 heavy (non-hydrogen) atoms. The van der Waals surface area contributed by atoms with Crippen LogP contribution < -0.4 is 20.5 Å². The molecule has 0 unspecified atom stereocenters. The third kappa shape index (κ3) is 2.44. The summed E-state index contributed by atoms with van der Waals surface area (Å²) in [4.78, 5) is 12.2. The van der Waals surface area contributed by atoms with Crippen LogP contribution in [-0.4, -0.2) is 12.7 Å². The minimum atomic E-state index is -0.315. The molecule has 0 bridgehead atoms. The van der Waals surface area contributed by atoms with E-state index in [1.165, 1.54) is 6.07 Å². The number of nitrogens with zero attached hydrogens (tertiary/aromatic N) is 1. The highest BCUT2D eigenvalue weighted by molar-refractivity contribution is 6.06. The van der Waals surface area contributed by atoms with E-state index in [1.54, 1.807) is 30.3 Å². The van der Waals surface area contributed by atoms with Gasteiger partial charge in [-0.15, -0.1) is 0 Å². The molecular formula is C15H11N3O3. The predicted octanol–water partition coefficient (Wildman–Crippen LogP) is 2.12. The lowest BCUT2D eigenvalue weighted by atomic mass is 10.1. The molecule has 104 valence electrons. The van der Waals surface area contributed by atoms with Gasteiger partial charge in [-0.25, -0.2) is 0 Å². The molecule has 0 aromatic heterocycles. The van der Waals surface area contributed by atoms with Crippen molar-refractivity contribution in [2.75, 3.05) is 17.8 Å². The maximum Gasteiger partial charge on any atom is 0.255 e. The van der Waals surface area contributed by atoms with Crippen LogP contribution in [0, 0.1) is 11.3 Å². The number of carbonyl (C=O) groups is 1. The Labute approximate surface area is 120 Å². The number of ether oxygens (including phenoxy) is 2. The van der Waals surface area contributed by atoms with Gasteiger partial charge in [-0.2, -0.15) is 5.26 Å². The van der Waals surface area contributed by atoms with Crippen LogP contribution >= 0.6 is 0 Å². The second-order valence-electron chi connectivity index (χ2n) is 4.44. The topological polar surface area (TPSA) is 97.4 Å². The van der Waals surface area contributed by atoms with E-state index in [1.807, 2.05) is 6.07 Å². The van der Waals surface area contributed by atoms with Crippen molar-refractivity contribution in [3.63, 3.8) is 0 Å². The molecule has 6 heteroatoms. The van der Waals surface area contributed by atoms with Crippen LogP contribution in [-0.2, 0) is 0 Å². The zero-order valence-corrected chi connectivity index (χ0v) is 10.9. The molecule has 2 aromatic carbocycles. The fourth-order valence-corrected chi connectivity index (χ4v) is 1.98. The molecule has 2 aromatic rings. The molecule has 0 saturated carbocycles. The Hall–Kier alpha value is -3.20. The van der Waals surface area contributed by atoms with Crippen molar-refractivity contribution >= 4 is 17.3 Å². The van der Waals surface area contributed by atoms with Crippen molar-refractivity contribution < 1.29 is 14.3 Å². The monoisotopic (exact) mass is 281 g/mol. The third-order valence-corrected chi connectivity index (χ3v) is 3.06. The van der Waals surface area contributed by atoms with Gasteiger partial charge in [-0.05, 0) is 36.4 Å². The number of benzene rings is 2. The number of carbonyl (C=O) groups excluding carboxylic acids is 1. The smallest absolute Gasteiger partial charge is 0.255 e. The number of nitrogens with one attached hydrogen (secondary N) is 1. The molecule has 0 fully saturated rings. The summed E-state index contributed by atoms with van der Waals surface area (Å²) in [7, 11) is 0. The largest absolute Gasteiger partial charge is 0.454 e. The van der Waals surface area contributed by atoms with Gasteiger partial charge in [-0.3, -0.25) is 4.79 Å². The summed E-state index contributed by atoms with van der Waals surface area (Å²) in [6.07, 6.45) is 0. The second-order valence-corrected chi connectivity index (χ2v) is 4.44. The van der Waals surface area contributed by atoms with Gasteiger partial charge in [0.05, 0.1) is 23.0 Å². The first-order valence-electron chi connectivity index (χ1n) is 6.18. The maximum atomic E-state index is 12.2. The fourth-order valence-electron chi connectivity index (χ4n) is 1.98. The van der Waals surface area contributed by atoms with E-state index in [0.717, 1.165) is 0 Å². The third-order valence-electron chi connectivity index (χ3n) is 3.06. The number of anilines is 2. The number of nitriles is 1. The molecule has 0 aliphatic carbocycles. The molecule has 3 N–H and O–H groups in total. The molecule has 1 heterocycles. The minimum Gasteiger partial charge on any atom is -0.454 e. The molecule has 1 amide bonds. The summed E-state index contributed by atoms with van der Waals surface area (Å²) < 4.78 is 10.4. The molecule has 0 saturated heterocycles. The van der Waals surface area contributed by atoms with Crippen LogP contribution in [0.4, 0.5) is 11.4 Å². The highest BCUT2D eigenvalue weighted by Crippen LogP contribution is 2.32. The summed E-state index contributed by atoms with van der Waals surface area (Å²) in [6.45, 7) is 0.156. The lowest BCUT2D eigenvalue weighted by Crippen LogP contribution is -2.13. The Balaban J connectivity index is 1.82. The SMILES string of the molecule is N#Cc1ccc(NC(=O)c2ccc3c(c2)OCO3)c(N)c1. The quantitative estimate of drug-likeness (QED) is 0.822. The van der Waals surface area contributed by atoms with Gasteiger partial charge < -0.3 is 20.5 Å². The van der Waals surface area contributed by atoms with Gasteiger partial charge in [0.2, 0.25) is 6.79 Å². The van der Waals surface area contributed by atoms with Crippen molar-refractivity contribution in [2.45, 2.75) is 0 Å². The van der Waals surface area contributed by atoms with E-state index in [2.05, 4.69) is 5.32 Å². The number of nitrogen functional groups attached to an aromatic ring is 1. The minimum absolute atomic E-state index is 0.156. The normalized spacial score (nSPS) is 11.8. The van der Waals surface area contributed by atoms with Crippen LogP contribution in [0.15, 0.2) is 36.4 Å². The van der Waals surface area contributed by atoms with Crippen molar-refractivity contribution in [3.8, 4) is 17.6 Å². The van der Waals surface area contributed by atoms with Crippen LogP contribution in [0.25, 0.3) is 0 Å². The molecule has 3 rings (SSSR count). The summed E-state index contributed by atoms with van der Waals surface area (Å²) >= 11 is 0. The molecule has 1 aliphatic heterocycles. The van der Waals surface area contributed by atoms with E-state index in [-0.39, 0.29) is 12.7 Å². The first kappa shape index (κ1) is 12.8. The fraction of sp³-hybridized carbons (Fsp3) is 0.0667. The summed E-state index contributed by atoms with van der Waals surface area (Å²) in [5, 5.41) is 11.5. The summed E-state index contributed by atoms with van der Waals surface area (Å²) in [5.41, 5.74) is 7.47. The van der Waals surface area contributed by atoms with E-state index in [0.29, 0.717) is 34.0 Å². The van der Waals surface area contributed by atoms with Crippen molar-refractivity contribution in [2.24, 2.45) is 0 Å². The predicted molar refractivity (Wildman–Crippen MR) is 76.1 cm³/mol. The lowest BCUT2D eigenvalue weighted by Gasteiger charge is -2.08. The van der Waals surface area contributed by atoms with Crippen LogP contribution in [0.3, 0.4) is 0 Å². The highest BCUT2D eigenvalue weighted by atomic mass is 16.7. The van der Waals surface area contributed by atoms with Crippen LogP contribution in [0.1, 0.15) is 15.9 Å². The second kappa shape index (κ2) is 5.06. The van der Waals surface area contributed by atoms with Gasteiger partial charge in [0.15, 0.2) is 11.5 Å². The number of nitrogens with two attached hydrogens (primary N) is 1. The summed E-state index contributed by atoms with van der Waals surface area (Å²) in [6, 6.07) is 11.6. The lowest BCUT2D eigenvalue weighted by molar-refractivity contribution is 0.102. The number of hydrogen-bond acceptors (Lipinski definition) is 5. The average molecular weight is 281 g/mol. The van der Waals surface area contributed by atoms with Gasteiger partial charge in [-0.1, -0.05) is 0 Å². The van der Waals surface area contributed by atoms with Crippen molar-refractivity contribution in [3.05, 3.63) is 47.5 Å². The number of hydrogen-bond donors (Lipinski definition) is 2. The Kier molecular flexibility index (Phi) is 3.09. The zero-order valence-electron chi connectivity index (χ0n) is 10.9. The Morgan fingerprint density at radius 3 is 2.76 bits per heavy atom. The van der Waals surface area contributed by atoms with E-state index in [4.69, 9.17) is 20.5 Å². The maximum absolute atomic E-state index is 12.2. The van der Waals surface area contributed by atoms with Crippen LogP contribution in [0.2, 0.25) is 0 Å². The van der Waals surface area contributed by atoms with Gasteiger partial charge in [0.25, 0.3) is 5.91 Å². The van der Waals surface area contributed by atoms with E-state index in [9.17, 15) is 4.79 Å². The van der Waals surface area contributed by atoms with Crippen LogP contribution in [0.5, 0.6) is 11.5 Å². The Morgan fingerprint density at radius 2 is 2.00 bits per heavy atom. The van der Waals surface area contributed by atoms with E-state index < -0.39 is 0 Å². The van der Waals surface area contributed by atoms with Crippen molar-refractivity contribution in [1.29, 1.82) is 5.26 Å². The number of fused-ring (bicyclic) bond motifs is 1. The molecule has 6 nitrogen and oxygen atoms in total. The Morgan fingerprint density at radius 1 is 1.19 bits per heavy atom. The first-order valence-corrected chi connectivity index (χ1v) is 6.18. The highest BCUT2D eigenvalue weighted by Gasteiger charge is 2.16.